The van der Waals surface area contributed by atoms with Crippen molar-refractivity contribution in [2.45, 2.75) is 49.8 Å². The summed E-state index contributed by atoms with van der Waals surface area (Å²) in [6, 6.07) is 5.75. The van der Waals surface area contributed by atoms with Crippen molar-refractivity contribution in [3.8, 4) is 11.8 Å². The van der Waals surface area contributed by atoms with Crippen LogP contribution in [-0.2, 0) is 17.6 Å². The monoisotopic (exact) mass is 427 g/mol. The summed E-state index contributed by atoms with van der Waals surface area (Å²) in [4.78, 5) is 23.3. The van der Waals surface area contributed by atoms with Crippen LogP contribution in [0.15, 0.2) is 23.4 Å². The number of primary amides is 1. The highest BCUT2D eigenvalue weighted by Gasteiger charge is 2.26. The van der Waals surface area contributed by atoms with Gasteiger partial charge in [0.15, 0.2) is 0 Å². The Morgan fingerprint density at radius 2 is 2.07 bits per heavy atom. The molecule has 160 valence electrons. The molecule has 2 N–H and O–H groups in total. The van der Waals surface area contributed by atoms with E-state index in [9.17, 15) is 10.1 Å². The van der Waals surface area contributed by atoms with Crippen molar-refractivity contribution in [1.29, 1.82) is 5.26 Å². The lowest BCUT2D eigenvalue weighted by molar-refractivity contribution is -0.117. The lowest BCUT2D eigenvalue weighted by atomic mass is 9.97. The maximum atomic E-state index is 12.2. The third kappa shape index (κ3) is 5.22. The standard InChI is InChI=1S/C22H29N5O2S/c1-6-8-9-16-15(7-2)17(12-23)22(26-21(16)27(3)4)30-19(20(24)28)18-11-10-14(29-5)13-25-18/h10-11,13,19H,6-9H2,1-5H3,(H2,24,28). The highest BCUT2D eigenvalue weighted by Crippen LogP contribution is 2.39. The number of methoxy groups -OCH3 is 1. The molecule has 0 aliphatic rings. The largest absolute Gasteiger partial charge is 0.495 e. The third-order valence-corrected chi connectivity index (χ3v) is 6.01. The molecule has 0 saturated carbocycles. The van der Waals surface area contributed by atoms with E-state index in [-0.39, 0.29) is 0 Å². The first-order valence-corrected chi connectivity index (χ1v) is 10.8. The molecule has 0 aromatic carbocycles. The van der Waals surface area contributed by atoms with Crippen molar-refractivity contribution in [2.75, 3.05) is 26.1 Å². The van der Waals surface area contributed by atoms with Gasteiger partial charge in [0.05, 0.1) is 24.6 Å². The fourth-order valence-electron chi connectivity index (χ4n) is 3.25. The molecule has 0 saturated heterocycles. The van der Waals surface area contributed by atoms with Crippen LogP contribution in [0.3, 0.4) is 0 Å². The van der Waals surface area contributed by atoms with E-state index < -0.39 is 11.2 Å². The number of anilines is 1. The van der Waals surface area contributed by atoms with Crippen molar-refractivity contribution in [3.05, 3.63) is 40.7 Å². The second kappa shape index (κ2) is 10.8. The molecule has 1 atom stereocenters. The van der Waals surface area contributed by atoms with Gasteiger partial charge in [0, 0.05) is 14.1 Å². The summed E-state index contributed by atoms with van der Waals surface area (Å²) in [5, 5.41) is 9.67. The first-order valence-electron chi connectivity index (χ1n) is 9.96. The predicted octanol–water partition coefficient (Wildman–Crippen LogP) is 3.65. The number of nitrogens with zero attached hydrogens (tertiary/aromatic N) is 4. The summed E-state index contributed by atoms with van der Waals surface area (Å²) < 4.78 is 5.14. The average Bonchev–Trinajstić information content (AvgIpc) is 2.74. The predicted molar refractivity (Wildman–Crippen MR) is 120 cm³/mol. The number of amides is 1. The van der Waals surface area contributed by atoms with Crippen LogP contribution in [0.25, 0.3) is 0 Å². The number of hydrogen-bond acceptors (Lipinski definition) is 7. The summed E-state index contributed by atoms with van der Waals surface area (Å²) in [6.07, 6.45) is 5.19. The molecule has 0 aliphatic carbocycles. The summed E-state index contributed by atoms with van der Waals surface area (Å²) in [5.74, 6) is 0.877. The van der Waals surface area contributed by atoms with E-state index in [1.807, 2.05) is 25.9 Å². The van der Waals surface area contributed by atoms with Gasteiger partial charge in [-0.15, -0.1) is 0 Å². The second-order valence-corrected chi connectivity index (χ2v) is 8.15. The maximum Gasteiger partial charge on any atom is 0.237 e. The molecular formula is C22H29N5O2S. The number of aromatic nitrogens is 2. The number of pyridine rings is 2. The fourth-order valence-corrected chi connectivity index (χ4v) is 4.28. The van der Waals surface area contributed by atoms with Crippen LogP contribution in [-0.4, -0.2) is 37.1 Å². The molecule has 0 bridgehead atoms. The van der Waals surface area contributed by atoms with Crippen LogP contribution in [0.1, 0.15) is 54.3 Å². The number of nitriles is 1. The van der Waals surface area contributed by atoms with E-state index >= 15 is 0 Å². The number of carbonyl (C=O) groups excluding carboxylic acids is 1. The van der Waals surface area contributed by atoms with Crippen LogP contribution >= 0.6 is 11.8 Å². The SMILES string of the molecule is CCCCc1c(N(C)C)nc(SC(C(N)=O)c2ccc(OC)cn2)c(C#N)c1CC. The zero-order chi connectivity index (χ0) is 22.3. The number of carbonyl (C=O) groups is 1. The summed E-state index contributed by atoms with van der Waals surface area (Å²) >= 11 is 1.17. The molecule has 2 rings (SSSR count). The van der Waals surface area contributed by atoms with Gasteiger partial charge >= 0.3 is 0 Å². The van der Waals surface area contributed by atoms with Gasteiger partial charge in [-0.2, -0.15) is 5.26 Å². The van der Waals surface area contributed by atoms with E-state index in [0.717, 1.165) is 36.2 Å². The van der Waals surface area contributed by atoms with Crippen molar-refractivity contribution < 1.29 is 9.53 Å². The van der Waals surface area contributed by atoms with Crippen molar-refractivity contribution in [3.63, 3.8) is 0 Å². The van der Waals surface area contributed by atoms with Gasteiger partial charge in [0.1, 0.15) is 27.9 Å². The maximum absolute atomic E-state index is 12.2. The topological polar surface area (TPSA) is 105 Å². The molecule has 0 aliphatic heterocycles. The normalized spacial score (nSPS) is 11.6. The van der Waals surface area contributed by atoms with Gasteiger partial charge in [-0.1, -0.05) is 32.0 Å². The number of thioether (sulfide) groups is 1. The van der Waals surface area contributed by atoms with Crippen LogP contribution < -0.4 is 15.4 Å². The summed E-state index contributed by atoms with van der Waals surface area (Å²) in [5.41, 5.74) is 8.79. The lowest BCUT2D eigenvalue weighted by Gasteiger charge is -2.23. The quantitative estimate of drug-likeness (QED) is 0.577. The molecule has 1 amide bonds. The van der Waals surface area contributed by atoms with Gasteiger partial charge in [-0.25, -0.2) is 4.98 Å². The molecule has 2 heterocycles. The van der Waals surface area contributed by atoms with E-state index in [1.54, 1.807) is 25.4 Å². The highest BCUT2D eigenvalue weighted by molar-refractivity contribution is 8.00. The van der Waals surface area contributed by atoms with Crippen molar-refractivity contribution in [2.24, 2.45) is 5.73 Å². The van der Waals surface area contributed by atoms with Crippen LogP contribution in [0.2, 0.25) is 0 Å². The number of rotatable bonds is 10. The van der Waals surface area contributed by atoms with Gasteiger partial charge in [-0.3, -0.25) is 9.78 Å². The fraction of sp³-hybridized carbons (Fsp3) is 0.455. The Morgan fingerprint density at radius 1 is 1.33 bits per heavy atom. The van der Waals surface area contributed by atoms with E-state index in [0.29, 0.717) is 28.5 Å². The molecule has 7 nitrogen and oxygen atoms in total. The minimum absolute atomic E-state index is 0.499. The molecule has 30 heavy (non-hydrogen) atoms. The Kier molecular flexibility index (Phi) is 8.48. The Morgan fingerprint density at radius 3 is 2.53 bits per heavy atom. The molecule has 0 fully saturated rings. The van der Waals surface area contributed by atoms with E-state index in [2.05, 4.69) is 18.0 Å². The summed E-state index contributed by atoms with van der Waals surface area (Å²) in [6.45, 7) is 4.18. The zero-order valence-corrected chi connectivity index (χ0v) is 19.0. The lowest BCUT2D eigenvalue weighted by Crippen LogP contribution is -2.21. The number of unbranched alkanes of at least 4 members (excludes halogenated alkanes) is 1. The molecule has 8 heteroatoms. The highest BCUT2D eigenvalue weighted by atomic mass is 32.2. The molecule has 0 spiro atoms. The van der Waals surface area contributed by atoms with Gasteiger partial charge in [0.25, 0.3) is 0 Å². The average molecular weight is 428 g/mol. The van der Waals surface area contributed by atoms with Crippen LogP contribution in [0.5, 0.6) is 5.75 Å². The molecule has 0 radical (unpaired) electrons. The van der Waals surface area contributed by atoms with Gasteiger partial charge in [-0.05, 0) is 42.5 Å². The third-order valence-electron chi connectivity index (χ3n) is 4.78. The summed E-state index contributed by atoms with van der Waals surface area (Å²) in [7, 11) is 5.43. The number of nitrogens with two attached hydrogens (primary N) is 1. The van der Waals surface area contributed by atoms with Crippen molar-refractivity contribution in [1.82, 2.24) is 9.97 Å². The Hall–Kier alpha value is -2.79. The Bertz CT molecular complexity index is 923. The molecule has 2 aromatic heterocycles. The number of ether oxygens (including phenoxy) is 1. The van der Waals surface area contributed by atoms with E-state index in [1.165, 1.54) is 11.8 Å². The van der Waals surface area contributed by atoms with Gasteiger partial charge < -0.3 is 15.4 Å². The zero-order valence-electron chi connectivity index (χ0n) is 18.2. The van der Waals surface area contributed by atoms with E-state index in [4.69, 9.17) is 15.5 Å². The van der Waals surface area contributed by atoms with Gasteiger partial charge in [0.2, 0.25) is 5.91 Å². The first kappa shape index (κ1) is 23.5. The van der Waals surface area contributed by atoms with Crippen molar-refractivity contribution >= 4 is 23.5 Å². The first-order chi connectivity index (χ1) is 14.4. The smallest absolute Gasteiger partial charge is 0.237 e. The minimum atomic E-state index is -0.767. The molecular weight excluding hydrogens is 398 g/mol. The Labute approximate surface area is 182 Å². The van der Waals surface area contributed by atoms with Crippen LogP contribution in [0, 0.1) is 11.3 Å². The second-order valence-electron chi connectivity index (χ2n) is 7.06. The Balaban J connectivity index is 2.58. The van der Waals surface area contributed by atoms with Crippen LogP contribution in [0.4, 0.5) is 5.82 Å². The molecule has 1 unspecified atom stereocenters. The molecule has 2 aromatic rings. The number of hydrogen-bond donors (Lipinski definition) is 1. The minimum Gasteiger partial charge on any atom is -0.495 e.